The van der Waals surface area contributed by atoms with Gasteiger partial charge in [0.05, 0.1) is 12.7 Å². The van der Waals surface area contributed by atoms with Gasteiger partial charge < -0.3 is 9.84 Å². The van der Waals surface area contributed by atoms with Gasteiger partial charge in [0.1, 0.15) is 5.75 Å². The Hall–Kier alpha value is -2.29. The first-order valence-electron chi connectivity index (χ1n) is 5.60. The molecule has 0 atom stereocenters. The van der Waals surface area contributed by atoms with Crippen molar-refractivity contribution in [3.8, 4) is 16.9 Å². The molecule has 0 bridgehead atoms. The van der Waals surface area contributed by atoms with E-state index in [0.717, 1.165) is 16.7 Å². The number of rotatable bonds is 3. The maximum atomic E-state index is 11.0. The van der Waals surface area contributed by atoms with Gasteiger partial charge in [0, 0.05) is 5.56 Å². The van der Waals surface area contributed by atoms with Gasteiger partial charge in [-0.3, -0.25) is 0 Å². The number of carbonyl (C=O) groups is 1. The fourth-order valence-corrected chi connectivity index (χ4v) is 1.80. The Labute approximate surface area is 106 Å². The monoisotopic (exact) mass is 242 g/mol. The first-order valence-corrected chi connectivity index (χ1v) is 5.60. The molecule has 0 heterocycles. The van der Waals surface area contributed by atoms with E-state index >= 15 is 0 Å². The largest absolute Gasteiger partial charge is 0.496 e. The van der Waals surface area contributed by atoms with E-state index in [1.54, 1.807) is 25.3 Å². The van der Waals surface area contributed by atoms with E-state index in [4.69, 9.17) is 9.84 Å². The lowest BCUT2D eigenvalue weighted by Crippen LogP contribution is -1.97. The van der Waals surface area contributed by atoms with Crippen molar-refractivity contribution in [3.63, 3.8) is 0 Å². The minimum absolute atomic E-state index is 0.256. The van der Waals surface area contributed by atoms with Crippen molar-refractivity contribution in [3.05, 3.63) is 53.6 Å². The maximum Gasteiger partial charge on any atom is 0.335 e. The molecule has 3 heteroatoms. The smallest absolute Gasteiger partial charge is 0.335 e. The molecule has 2 rings (SSSR count). The summed E-state index contributed by atoms with van der Waals surface area (Å²) in [7, 11) is 1.58. The van der Waals surface area contributed by atoms with Crippen molar-refractivity contribution in [1.29, 1.82) is 0 Å². The third-order valence-corrected chi connectivity index (χ3v) is 2.81. The maximum absolute atomic E-state index is 11.0. The first-order chi connectivity index (χ1) is 8.61. The average Bonchev–Trinajstić information content (AvgIpc) is 2.39. The molecule has 0 unspecified atom stereocenters. The molecule has 0 fully saturated rings. The fourth-order valence-electron chi connectivity index (χ4n) is 1.80. The molecule has 0 radical (unpaired) electrons. The summed E-state index contributed by atoms with van der Waals surface area (Å²) in [5, 5.41) is 9.02. The highest BCUT2D eigenvalue weighted by Crippen LogP contribution is 2.31. The molecule has 2 aromatic rings. The van der Waals surface area contributed by atoms with Crippen molar-refractivity contribution in [2.45, 2.75) is 6.92 Å². The summed E-state index contributed by atoms with van der Waals surface area (Å²) in [5.74, 6) is -0.269. The topological polar surface area (TPSA) is 46.5 Å². The van der Waals surface area contributed by atoms with E-state index in [-0.39, 0.29) is 5.56 Å². The van der Waals surface area contributed by atoms with Gasteiger partial charge in [-0.2, -0.15) is 0 Å². The molecule has 0 aliphatic heterocycles. The second-order valence-corrected chi connectivity index (χ2v) is 4.09. The molecule has 0 aromatic heterocycles. The lowest BCUT2D eigenvalue weighted by atomic mass is 10.0. The molecule has 0 saturated carbocycles. The van der Waals surface area contributed by atoms with Crippen molar-refractivity contribution in [2.75, 3.05) is 7.11 Å². The van der Waals surface area contributed by atoms with Crippen LogP contribution >= 0.6 is 0 Å². The van der Waals surface area contributed by atoms with Crippen LogP contribution in [-0.2, 0) is 0 Å². The van der Waals surface area contributed by atoms with Crippen LogP contribution in [0.5, 0.6) is 5.75 Å². The van der Waals surface area contributed by atoms with Crippen molar-refractivity contribution >= 4 is 5.97 Å². The highest BCUT2D eigenvalue weighted by molar-refractivity contribution is 5.90. The third-order valence-electron chi connectivity index (χ3n) is 2.81. The summed E-state index contributed by atoms with van der Waals surface area (Å²) < 4.78 is 5.27. The second-order valence-electron chi connectivity index (χ2n) is 4.09. The summed E-state index contributed by atoms with van der Waals surface area (Å²) in [4.78, 5) is 11.0. The molecule has 0 saturated heterocycles. The Balaban J connectivity index is 2.56. The standard InChI is InChI=1S/C15H14O3/c1-10-3-5-11(6-4-10)13-9-12(15(16)17)7-8-14(13)18-2/h3-9H,1-2H3,(H,16,17). The van der Waals surface area contributed by atoms with Crippen LogP contribution < -0.4 is 4.74 Å². The lowest BCUT2D eigenvalue weighted by molar-refractivity contribution is 0.0697. The molecular weight excluding hydrogens is 228 g/mol. The van der Waals surface area contributed by atoms with Gasteiger partial charge in [0.2, 0.25) is 0 Å². The van der Waals surface area contributed by atoms with E-state index in [1.807, 2.05) is 31.2 Å². The van der Waals surface area contributed by atoms with Crippen LogP contribution in [0.25, 0.3) is 11.1 Å². The van der Waals surface area contributed by atoms with E-state index in [2.05, 4.69) is 0 Å². The van der Waals surface area contributed by atoms with Crippen molar-refractivity contribution in [1.82, 2.24) is 0 Å². The van der Waals surface area contributed by atoms with Crippen LogP contribution in [-0.4, -0.2) is 18.2 Å². The van der Waals surface area contributed by atoms with Crippen LogP contribution in [0.15, 0.2) is 42.5 Å². The van der Waals surface area contributed by atoms with Crippen LogP contribution in [0.2, 0.25) is 0 Å². The Kier molecular flexibility index (Phi) is 3.33. The molecule has 0 amide bonds. The van der Waals surface area contributed by atoms with Crippen LogP contribution in [0.1, 0.15) is 15.9 Å². The van der Waals surface area contributed by atoms with E-state index in [1.165, 1.54) is 0 Å². The minimum atomic E-state index is -0.939. The van der Waals surface area contributed by atoms with Crippen molar-refractivity contribution < 1.29 is 14.6 Å². The lowest BCUT2D eigenvalue weighted by Gasteiger charge is -2.10. The van der Waals surface area contributed by atoms with E-state index in [9.17, 15) is 4.79 Å². The van der Waals surface area contributed by atoms with Gasteiger partial charge in [0.25, 0.3) is 0 Å². The number of aryl methyl sites for hydroxylation is 1. The number of ether oxygens (including phenoxy) is 1. The Morgan fingerprint density at radius 2 is 1.78 bits per heavy atom. The molecule has 0 spiro atoms. The first kappa shape index (κ1) is 12.2. The Morgan fingerprint density at radius 3 is 2.33 bits per heavy atom. The van der Waals surface area contributed by atoms with Crippen LogP contribution in [0.3, 0.4) is 0 Å². The van der Waals surface area contributed by atoms with Gasteiger partial charge in [-0.05, 0) is 30.7 Å². The minimum Gasteiger partial charge on any atom is -0.496 e. The zero-order valence-electron chi connectivity index (χ0n) is 10.3. The summed E-state index contributed by atoms with van der Waals surface area (Å²) in [5.41, 5.74) is 3.15. The molecule has 1 N–H and O–H groups in total. The quantitative estimate of drug-likeness (QED) is 0.897. The second kappa shape index (κ2) is 4.92. The van der Waals surface area contributed by atoms with Gasteiger partial charge >= 0.3 is 5.97 Å². The summed E-state index contributed by atoms with van der Waals surface area (Å²) >= 11 is 0. The van der Waals surface area contributed by atoms with Crippen LogP contribution in [0.4, 0.5) is 0 Å². The van der Waals surface area contributed by atoms with Crippen molar-refractivity contribution in [2.24, 2.45) is 0 Å². The Bertz CT molecular complexity index is 571. The number of hydrogen-bond donors (Lipinski definition) is 1. The molecule has 18 heavy (non-hydrogen) atoms. The number of benzene rings is 2. The highest BCUT2D eigenvalue weighted by Gasteiger charge is 2.10. The third kappa shape index (κ3) is 2.35. The number of methoxy groups -OCH3 is 1. The van der Waals surface area contributed by atoms with Gasteiger partial charge in [-0.15, -0.1) is 0 Å². The molecular formula is C15H14O3. The summed E-state index contributed by atoms with van der Waals surface area (Å²) in [6.07, 6.45) is 0. The van der Waals surface area contributed by atoms with E-state index in [0.29, 0.717) is 5.75 Å². The number of carboxylic acids is 1. The highest BCUT2D eigenvalue weighted by atomic mass is 16.5. The Morgan fingerprint density at radius 1 is 1.11 bits per heavy atom. The van der Waals surface area contributed by atoms with Gasteiger partial charge in [-0.1, -0.05) is 29.8 Å². The normalized spacial score (nSPS) is 10.1. The van der Waals surface area contributed by atoms with E-state index < -0.39 is 5.97 Å². The zero-order chi connectivity index (χ0) is 13.1. The molecule has 0 aliphatic rings. The number of carboxylic acid groups (broad SMARTS) is 1. The molecule has 0 aliphatic carbocycles. The SMILES string of the molecule is COc1ccc(C(=O)O)cc1-c1ccc(C)cc1. The molecule has 92 valence electrons. The average molecular weight is 242 g/mol. The number of hydrogen-bond acceptors (Lipinski definition) is 2. The predicted molar refractivity (Wildman–Crippen MR) is 70.1 cm³/mol. The van der Waals surface area contributed by atoms with Gasteiger partial charge in [0.15, 0.2) is 0 Å². The summed E-state index contributed by atoms with van der Waals surface area (Å²) in [6.45, 7) is 2.01. The zero-order valence-corrected chi connectivity index (χ0v) is 10.3. The molecule has 2 aromatic carbocycles. The van der Waals surface area contributed by atoms with Gasteiger partial charge in [-0.25, -0.2) is 4.79 Å². The number of aromatic carboxylic acids is 1. The fraction of sp³-hybridized carbons (Fsp3) is 0.133. The van der Waals surface area contributed by atoms with Crippen LogP contribution in [0, 0.1) is 6.92 Å². The predicted octanol–water partition coefficient (Wildman–Crippen LogP) is 3.37. The summed E-state index contributed by atoms with van der Waals surface area (Å²) in [6, 6.07) is 12.7. The molecule has 3 nitrogen and oxygen atoms in total.